The number of para-hydroxylation sites is 1. The Hall–Kier alpha value is -5.60. The molecule has 1 heterocycles. The molecule has 1 spiro atoms. The molecular formula is C50H41NO. The number of ether oxygens (including phenoxy) is 1. The first-order valence-electron chi connectivity index (χ1n) is 19.2. The molecule has 12 rings (SSSR count). The Morgan fingerprint density at radius 3 is 1.65 bits per heavy atom. The number of nitrogens with zero attached hydrogens (tertiary/aromatic N) is 1. The summed E-state index contributed by atoms with van der Waals surface area (Å²) >= 11 is 0. The van der Waals surface area contributed by atoms with Crippen LogP contribution in [0.3, 0.4) is 0 Å². The van der Waals surface area contributed by atoms with E-state index in [1.165, 1.54) is 76.3 Å². The topological polar surface area (TPSA) is 12.5 Å². The zero-order valence-corrected chi connectivity index (χ0v) is 29.3. The molecule has 4 bridgehead atoms. The van der Waals surface area contributed by atoms with E-state index in [9.17, 15) is 0 Å². The smallest absolute Gasteiger partial charge is 0.131 e. The van der Waals surface area contributed by atoms with Crippen molar-refractivity contribution in [3.8, 4) is 33.8 Å². The van der Waals surface area contributed by atoms with Crippen molar-refractivity contribution in [2.45, 2.75) is 37.5 Å². The predicted molar refractivity (Wildman–Crippen MR) is 214 cm³/mol. The maximum Gasteiger partial charge on any atom is 0.131 e. The normalized spacial score (nSPS) is 23.6. The van der Waals surface area contributed by atoms with Crippen molar-refractivity contribution in [3.05, 3.63) is 175 Å². The van der Waals surface area contributed by atoms with Crippen molar-refractivity contribution in [1.82, 2.24) is 0 Å². The van der Waals surface area contributed by atoms with E-state index >= 15 is 0 Å². The summed E-state index contributed by atoms with van der Waals surface area (Å²) in [4.78, 5) is 2.38. The summed E-state index contributed by atoms with van der Waals surface area (Å²) in [6, 6.07) is 60.2. The molecule has 0 N–H and O–H groups in total. The largest absolute Gasteiger partial charge is 0.457 e. The number of hydrogen-bond acceptors (Lipinski definition) is 2. The molecule has 7 aromatic carbocycles. The first-order valence-corrected chi connectivity index (χ1v) is 19.2. The number of hydrogen-bond donors (Lipinski definition) is 0. The van der Waals surface area contributed by atoms with Crippen LogP contribution in [0, 0.1) is 23.7 Å². The molecule has 2 heteroatoms. The molecule has 52 heavy (non-hydrogen) atoms. The van der Waals surface area contributed by atoms with E-state index in [0.29, 0.717) is 11.8 Å². The van der Waals surface area contributed by atoms with Crippen LogP contribution in [0.4, 0.5) is 17.1 Å². The minimum Gasteiger partial charge on any atom is -0.457 e. The zero-order chi connectivity index (χ0) is 34.2. The van der Waals surface area contributed by atoms with Crippen molar-refractivity contribution >= 4 is 27.8 Å². The molecule has 0 amide bonds. The van der Waals surface area contributed by atoms with Crippen molar-refractivity contribution in [2.75, 3.05) is 4.90 Å². The van der Waals surface area contributed by atoms with Gasteiger partial charge < -0.3 is 9.64 Å². The van der Waals surface area contributed by atoms with Gasteiger partial charge in [-0.3, -0.25) is 0 Å². The van der Waals surface area contributed by atoms with Crippen molar-refractivity contribution in [3.63, 3.8) is 0 Å². The van der Waals surface area contributed by atoms with Gasteiger partial charge in [-0.2, -0.15) is 0 Å². The summed E-state index contributed by atoms with van der Waals surface area (Å²) < 4.78 is 6.71. The van der Waals surface area contributed by atoms with Crippen LogP contribution in [0.25, 0.3) is 33.0 Å². The SMILES string of the molecule is c1ccc(-c2ccc(N(c3ccc(-c4ccc5c(c4)C4(c6ccccc6O5)C5CC6CC(C5)CC4C6)cc3)c3ccc4ccccc4c3)cc2)cc1. The fourth-order valence-electron chi connectivity index (χ4n) is 11.1. The van der Waals surface area contributed by atoms with E-state index in [2.05, 4.69) is 169 Å². The van der Waals surface area contributed by atoms with Crippen LogP contribution >= 0.6 is 0 Å². The first kappa shape index (κ1) is 30.1. The molecule has 4 aliphatic carbocycles. The van der Waals surface area contributed by atoms with Crippen molar-refractivity contribution in [2.24, 2.45) is 23.7 Å². The molecular weight excluding hydrogens is 631 g/mol. The second-order valence-corrected chi connectivity index (χ2v) is 15.8. The Balaban J connectivity index is 0.993. The van der Waals surface area contributed by atoms with E-state index in [0.717, 1.165) is 40.4 Å². The zero-order valence-electron chi connectivity index (χ0n) is 29.3. The molecule has 0 aromatic heterocycles. The Bertz CT molecular complexity index is 2420. The van der Waals surface area contributed by atoms with E-state index in [4.69, 9.17) is 4.74 Å². The van der Waals surface area contributed by atoms with Gasteiger partial charge >= 0.3 is 0 Å². The number of benzene rings is 7. The molecule has 252 valence electrons. The third-order valence-electron chi connectivity index (χ3n) is 13.1. The van der Waals surface area contributed by atoms with Crippen LogP contribution in [0.1, 0.15) is 43.2 Å². The van der Waals surface area contributed by atoms with Gasteiger partial charge in [0.1, 0.15) is 11.5 Å². The highest BCUT2D eigenvalue weighted by Gasteiger charge is 2.61. The van der Waals surface area contributed by atoms with Crippen molar-refractivity contribution in [1.29, 1.82) is 0 Å². The highest BCUT2D eigenvalue weighted by molar-refractivity contribution is 5.89. The van der Waals surface area contributed by atoms with Gasteiger partial charge in [0.05, 0.1) is 0 Å². The number of fused-ring (bicyclic) bond motifs is 3. The average molecular weight is 672 g/mol. The summed E-state index contributed by atoms with van der Waals surface area (Å²) in [6.07, 6.45) is 6.88. The lowest BCUT2D eigenvalue weighted by Crippen LogP contribution is -2.56. The summed E-state index contributed by atoms with van der Waals surface area (Å²) in [7, 11) is 0. The number of rotatable bonds is 5. The average Bonchev–Trinajstić information content (AvgIpc) is 3.20. The lowest BCUT2D eigenvalue weighted by atomic mass is 9.41. The van der Waals surface area contributed by atoms with Crippen LogP contribution in [0.2, 0.25) is 0 Å². The van der Waals surface area contributed by atoms with Gasteiger partial charge in [0.25, 0.3) is 0 Å². The monoisotopic (exact) mass is 671 g/mol. The third kappa shape index (κ3) is 4.63. The Morgan fingerprint density at radius 1 is 0.404 bits per heavy atom. The van der Waals surface area contributed by atoms with E-state index < -0.39 is 0 Å². The maximum absolute atomic E-state index is 6.71. The fourth-order valence-corrected chi connectivity index (χ4v) is 11.1. The van der Waals surface area contributed by atoms with Gasteiger partial charge in [-0.25, -0.2) is 0 Å². The van der Waals surface area contributed by atoms with Gasteiger partial charge in [0, 0.05) is 33.6 Å². The van der Waals surface area contributed by atoms with Crippen LogP contribution < -0.4 is 9.64 Å². The lowest BCUT2D eigenvalue weighted by molar-refractivity contribution is -0.0452. The second-order valence-electron chi connectivity index (χ2n) is 15.8. The molecule has 0 atom stereocenters. The molecule has 4 saturated carbocycles. The van der Waals surface area contributed by atoms with Crippen LogP contribution in [-0.4, -0.2) is 0 Å². The summed E-state index contributed by atoms with van der Waals surface area (Å²) in [5, 5.41) is 2.48. The molecule has 0 unspecified atom stereocenters. The molecule has 1 aliphatic heterocycles. The van der Waals surface area contributed by atoms with Crippen LogP contribution in [0.15, 0.2) is 164 Å². The van der Waals surface area contributed by atoms with Gasteiger partial charge in [-0.1, -0.05) is 109 Å². The standard InChI is InChI=1S/C50H41NO/c1-2-8-35(9-3-1)37-14-20-43(21-15-37)51(45-24-18-36-10-4-5-11-39(36)31-45)44-22-16-38(17-23-44)40-19-25-49-47(32-40)50(46-12-6-7-13-48(46)52-49)41-27-33-26-34(29-41)30-42(50)28-33/h1-25,31-34,41-42H,26-30H2. The predicted octanol–water partition coefficient (Wildman–Crippen LogP) is 13.5. The summed E-state index contributed by atoms with van der Waals surface area (Å²) in [5.41, 5.74) is 11.3. The van der Waals surface area contributed by atoms with Gasteiger partial charge in [0.15, 0.2) is 0 Å². The minimum atomic E-state index is 0.0480. The van der Waals surface area contributed by atoms with E-state index in [1.54, 1.807) is 0 Å². The lowest BCUT2D eigenvalue weighted by Gasteiger charge is -2.63. The van der Waals surface area contributed by atoms with Crippen LogP contribution in [-0.2, 0) is 5.41 Å². The van der Waals surface area contributed by atoms with Gasteiger partial charge in [0.2, 0.25) is 0 Å². The molecule has 0 radical (unpaired) electrons. The fraction of sp³-hybridized carbons (Fsp3) is 0.200. The Kier molecular flexibility index (Phi) is 6.77. The highest BCUT2D eigenvalue weighted by Crippen LogP contribution is 2.69. The van der Waals surface area contributed by atoms with Gasteiger partial charge in [-0.15, -0.1) is 0 Å². The van der Waals surface area contributed by atoms with Crippen molar-refractivity contribution < 1.29 is 4.74 Å². The molecule has 2 nitrogen and oxygen atoms in total. The number of anilines is 3. The first-order chi connectivity index (χ1) is 25.7. The summed E-state index contributed by atoms with van der Waals surface area (Å²) in [6.45, 7) is 0. The quantitative estimate of drug-likeness (QED) is 0.181. The molecule has 4 fully saturated rings. The van der Waals surface area contributed by atoms with Gasteiger partial charge in [-0.05, 0) is 143 Å². The summed E-state index contributed by atoms with van der Waals surface area (Å²) in [5.74, 6) is 5.32. The minimum absolute atomic E-state index is 0.0480. The second kappa shape index (κ2) is 11.7. The maximum atomic E-state index is 6.71. The molecule has 7 aromatic rings. The third-order valence-corrected chi connectivity index (χ3v) is 13.1. The van der Waals surface area contributed by atoms with E-state index in [1.807, 2.05) is 0 Å². The Labute approximate surface area is 306 Å². The van der Waals surface area contributed by atoms with E-state index in [-0.39, 0.29) is 5.41 Å². The highest BCUT2D eigenvalue weighted by atomic mass is 16.5. The Morgan fingerprint density at radius 2 is 0.942 bits per heavy atom. The molecule has 5 aliphatic rings. The van der Waals surface area contributed by atoms with Crippen LogP contribution in [0.5, 0.6) is 11.5 Å². The molecule has 0 saturated heterocycles.